The summed E-state index contributed by atoms with van der Waals surface area (Å²) < 4.78 is 19.7. The fraction of sp³-hybridized carbons (Fsp3) is 0.188. The van der Waals surface area contributed by atoms with Gasteiger partial charge in [-0.1, -0.05) is 17.7 Å². The van der Waals surface area contributed by atoms with Crippen molar-refractivity contribution in [1.82, 2.24) is 4.98 Å². The number of hydrogen-bond donors (Lipinski definition) is 1. The summed E-state index contributed by atoms with van der Waals surface area (Å²) in [5.41, 5.74) is 0.108. The van der Waals surface area contributed by atoms with Gasteiger partial charge < -0.3 is 15.0 Å². The molecule has 0 aliphatic carbocycles. The molecule has 6 nitrogen and oxygen atoms in total. The summed E-state index contributed by atoms with van der Waals surface area (Å²) in [5.74, 6) is -1.63. The molecular weight excluding hydrogens is 417 g/mol. The van der Waals surface area contributed by atoms with Gasteiger partial charge in [0.1, 0.15) is 12.4 Å². The number of nitrogens with one attached hydrogen (secondary N) is 1. The van der Waals surface area contributed by atoms with Crippen LogP contribution in [0.25, 0.3) is 0 Å². The summed E-state index contributed by atoms with van der Waals surface area (Å²) in [6.45, 7) is 0.629. The van der Waals surface area contributed by atoms with Crippen LogP contribution in [0.3, 0.4) is 0 Å². The molecule has 25 heavy (non-hydrogen) atoms. The third-order valence-corrected chi connectivity index (χ3v) is 4.28. The van der Waals surface area contributed by atoms with Gasteiger partial charge in [-0.2, -0.15) is 0 Å². The first kappa shape index (κ1) is 17.8. The van der Waals surface area contributed by atoms with Crippen molar-refractivity contribution < 1.29 is 18.7 Å². The van der Waals surface area contributed by atoms with Gasteiger partial charge in [0.05, 0.1) is 22.9 Å². The maximum atomic E-state index is 13.9. The average molecular weight is 429 g/mol. The van der Waals surface area contributed by atoms with Crippen LogP contribution in [0.1, 0.15) is 10.4 Å². The first-order valence-electron chi connectivity index (χ1n) is 7.26. The van der Waals surface area contributed by atoms with E-state index in [1.165, 1.54) is 23.2 Å². The first-order chi connectivity index (χ1) is 12.0. The van der Waals surface area contributed by atoms with Crippen molar-refractivity contribution >= 4 is 50.9 Å². The van der Waals surface area contributed by atoms with E-state index in [4.69, 9.17) is 16.3 Å². The predicted molar refractivity (Wildman–Crippen MR) is 94.5 cm³/mol. The van der Waals surface area contributed by atoms with Crippen molar-refractivity contribution in [2.75, 3.05) is 30.0 Å². The molecule has 1 saturated heterocycles. The maximum absolute atomic E-state index is 13.9. The highest BCUT2D eigenvalue weighted by atomic mass is 79.9. The van der Waals surface area contributed by atoms with Gasteiger partial charge in [-0.3, -0.25) is 9.59 Å². The van der Waals surface area contributed by atoms with Crippen molar-refractivity contribution in [2.45, 2.75) is 0 Å². The van der Waals surface area contributed by atoms with Gasteiger partial charge in [-0.15, -0.1) is 0 Å². The Labute approximate surface area is 156 Å². The van der Waals surface area contributed by atoms with Crippen molar-refractivity contribution in [3.05, 3.63) is 51.3 Å². The second-order valence-electron chi connectivity index (χ2n) is 5.17. The Morgan fingerprint density at radius 1 is 1.44 bits per heavy atom. The molecule has 1 aliphatic heterocycles. The van der Waals surface area contributed by atoms with Crippen molar-refractivity contribution in [1.29, 1.82) is 0 Å². The molecule has 2 amide bonds. The van der Waals surface area contributed by atoms with Gasteiger partial charge in [-0.05, 0) is 34.1 Å². The molecule has 0 saturated carbocycles. The molecule has 0 unspecified atom stereocenters. The molecule has 3 rings (SSSR count). The number of rotatable bonds is 3. The summed E-state index contributed by atoms with van der Waals surface area (Å²) in [6, 6.07) is 5.61. The highest BCUT2D eigenvalue weighted by Crippen LogP contribution is 2.29. The monoisotopic (exact) mass is 427 g/mol. The van der Waals surface area contributed by atoms with Crippen molar-refractivity contribution in [3.63, 3.8) is 0 Å². The molecule has 1 aliphatic rings. The van der Waals surface area contributed by atoms with Crippen molar-refractivity contribution in [2.24, 2.45) is 0 Å². The predicted octanol–water partition coefficient (Wildman–Crippen LogP) is 3.25. The number of aromatic nitrogens is 1. The third kappa shape index (κ3) is 3.81. The molecule has 0 spiro atoms. The van der Waals surface area contributed by atoms with Gasteiger partial charge in [0.25, 0.3) is 11.8 Å². The summed E-state index contributed by atoms with van der Waals surface area (Å²) in [6.07, 6.45) is 1.47. The van der Waals surface area contributed by atoms with Gasteiger partial charge in [0.15, 0.2) is 5.82 Å². The minimum atomic E-state index is -0.750. The Morgan fingerprint density at radius 2 is 2.24 bits per heavy atom. The average Bonchev–Trinajstić information content (AvgIpc) is 2.57. The molecule has 1 N–H and O–H groups in total. The van der Waals surface area contributed by atoms with Gasteiger partial charge in [-0.25, -0.2) is 9.37 Å². The summed E-state index contributed by atoms with van der Waals surface area (Å²) >= 11 is 9.21. The number of nitrogens with zero attached hydrogens (tertiary/aromatic N) is 2. The van der Waals surface area contributed by atoms with Crippen LogP contribution in [0.15, 0.2) is 34.9 Å². The van der Waals surface area contributed by atoms with E-state index >= 15 is 0 Å². The number of benzene rings is 1. The standard InChI is InChI=1S/C16H12BrClFN3O3/c17-9-6-12(22-4-5-25-8-13(22)23)15(20-7-9)21-16(24)14-10(18)2-1-3-11(14)19/h1-3,6-7H,4-5,8H2,(H,20,21,24). The fourth-order valence-electron chi connectivity index (χ4n) is 2.39. The van der Waals surface area contributed by atoms with Crippen LogP contribution in [0.4, 0.5) is 15.9 Å². The summed E-state index contributed by atoms with van der Waals surface area (Å²) in [5, 5.41) is 2.51. The van der Waals surface area contributed by atoms with Gasteiger partial charge >= 0.3 is 0 Å². The van der Waals surface area contributed by atoms with Crippen LogP contribution in [-0.4, -0.2) is 36.6 Å². The Balaban J connectivity index is 1.95. The quantitative estimate of drug-likeness (QED) is 0.815. The number of morpholine rings is 1. The molecule has 130 valence electrons. The van der Waals surface area contributed by atoms with E-state index in [0.717, 1.165) is 6.07 Å². The Hall–Kier alpha value is -2.03. The smallest absolute Gasteiger partial charge is 0.261 e. The number of pyridine rings is 1. The molecule has 1 aromatic heterocycles. The molecule has 0 bridgehead atoms. The van der Waals surface area contributed by atoms with Gasteiger partial charge in [0, 0.05) is 17.2 Å². The topological polar surface area (TPSA) is 71.5 Å². The molecule has 2 heterocycles. The van der Waals surface area contributed by atoms with Crippen LogP contribution >= 0.6 is 27.5 Å². The second kappa shape index (κ2) is 7.47. The zero-order valence-electron chi connectivity index (χ0n) is 12.8. The lowest BCUT2D eigenvalue weighted by Gasteiger charge is -2.28. The van der Waals surface area contributed by atoms with E-state index in [9.17, 15) is 14.0 Å². The number of carbonyl (C=O) groups is 2. The molecule has 0 radical (unpaired) electrons. The molecule has 2 aromatic rings. The highest BCUT2D eigenvalue weighted by molar-refractivity contribution is 9.10. The van der Waals surface area contributed by atoms with Crippen molar-refractivity contribution in [3.8, 4) is 0 Å². The minimum Gasteiger partial charge on any atom is -0.370 e. The molecule has 9 heteroatoms. The minimum absolute atomic E-state index is 0.0152. The number of amides is 2. The third-order valence-electron chi connectivity index (χ3n) is 3.53. The molecule has 1 fully saturated rings. The largest absolute Gasteiger partial charge is 0.370 e. The Morgan fingerprint density at radius 3 is 2.96 bits per heavy atom. The van der Waals surface area contributed by atoms with Crippen LogP contribution in [0.5, 0.6) is 0 Å². The fourth-order valence-corrected chi connectivity index (χ4v) is 2.96. The lowest BCUT2D eigenvalue weighted by atomic mass is 10.2. The van der Waals surface area contributed by atoms with E-state index < -0.39 is 11.7 Å². The maximum Gasteiger partial charge on any atom is 0.261 e. The number of anilines is 2. The van der Waals surface area contributed by atoms with E-state index in [1.807, 2.05) is 0 Å². The molecule has 1 aromatic carbocycles. The zero-order chi connectivity index (χ0) is 18.0. The molecular formula is C16H12BrClFN3O3. The zero-order valence-corrected chi connectivity index (χ0v) is 15.1. The van der Waals surface area contributed by atoms with Crippen LogP contribution < -0.4 is 10.2 Å². The van der Waals surface area contributed by atoms with Gasteiger partial charge in [0.2, 0.25) is 0 Å². The second-order valence-corrected chi connectivity index (χ2v) is 6.49. The number of carbonyl (C=O) groups excluding carboxylic acids is 2. The first-order valence-corrected chi connectivity index (χ1v) is 8.43. The van der Waals surface area contributed by atoms with Crippen LogP contribution in [0, 0.1) is 5.82 Å². The van der Waals surface area contributed by atoms with E-state index in [2.05, 4.69) is 26.2 Å². The normalized spacial score (nSPS) is 14.5. The van der Waals surface area contributed by atoms with E-state index in [-0.39, 0.29) is 28.9 Å². The number of hydrogen-bond acceptors (Lipinski definition) is 4. The van der Waals surface area contributed by atoms with Crippen LogP contribution in [-0.2, 0) is 9.53 Å². The lowest BCUT2D eigenvalue weighted by Crippen LogP contribution is -2.42. The Kier molecular flexibility index (Phi) is 5.31. The number of ether oxygens (including phenoxy) is 1. The molecule has 0 atom stereocenters. The SMILES string of the molecule is O=C(Nc1ncc(Br)cc1N1CCOCC1=O)c1c(F)cccc1Cl. The summed E-state index contributed by atoms with van der Waals surface area (Å²) in [4.78, 5) is 30.1. The highest BCUT2D eigenvalue weighted by Gasteiger charge is 2.25. The van der Waals surface area contributed by atoms with E-state index in [0.29, 0.717) is 23.3 Å². The summed E-state index contributed by atoms with van der Waals surface area (Å²) in [7, 11) is 0. The van der Waals surface area contributed by atoms with E-state index in [1.54, 1.807) is 6.07 Å². The number of halogens is 3. The Bertz CT molecular complexity index is 829. The van der Waals surface area contributed by atoms with Crippen LogP contribution in [0.2, 0.25) is 5.02 Å². The lowest BCUT2D eigenvalue weighted by molar-refractivity contribution is -0.125.